The summed E-state index contributed by atoms with van der Waals surface area (Å²) in [6.07, 6.45) is 0.838. The SMILES string of the molecule is CN1CCN(c2cc(C3CC3)c(Nc3ncc(C(F)(F)F)c(NCCCN4CCCOC4=O)n3)cn2)CC1. The third-order valence-corrected chi connectivity index (χ3v) is 7.06. The van der Waals surface area contributed by atoms with Crippen LogP contribution in [0.15, 0.2) is 18.5 Å². The molecule has 38 heavy (non-hydrogen) atoms. The number of alkyl halides is 3. The molecule has 0 radical (unpaired) electrons. The lowest BCUT2D eigenvalue weighted by Crippen LogP contribution is -2.44. The van der Waals surface area contributed by atoms with Crippen LogP contribution in [0.1, 0.15) is 42.7 Å². The number of ether oxygens (including phenoxy) is 1. The summed E-state index contributed by atoms with van der Waals surface area (Å²) in [5.41, 5.74) is 0.853. The highest BCUT2D eigenvalue weighted by Crippen LogP contribution is 2.45. The standard InChI is InChI=1S/C25H33F3N8O2/c1-34-9-11-35(12-10-34)21-14-18(17-4-5-17)20(16-30-21)32-23-31-15-19(25(26,27)28)22(33-23)29-6-2-7-36-8-3-13-38-24(36)37/h14-17H,2-13H2,1H3,(H2,29,31,32,33). The quantitative estimate of drug-likeness (QED) is 0.464. The summed E-state index contributed by atoms with van der Waals surface area (Å²) in [5.74, 6) is 1.07. The van der Waals surface area contributed by atoms with Crippen molar-refractivity contribution in [3.05, 3.63) is 29.6 Å². The minimum atomic E-state index is -4.61. The number of nitrogens with one attached hydrogen (secondary N) is 2. The molecule has 0 spiro atoms. The maximum atomic E-state index is 13.7. The maximum Gasteiger partial charge on any atom is 0.421 e. The predicted octanol–water partition coefficient (Wildman–Crippen LogP) is 3.91. The Balaban J connectivity index is 1.29. The number of likely N-dealkylation sites (N-methyl/N-ethyl adjacent to an activating group) is 1. The van der Waals surface area contributed by atoms with E-state index in [1.54, 1.807) is 11.1 Å². The molecule has 2 N–H and O–H groups in total. The van der Waals surface area contributed by atoms with Crippen LogP contribution in [-0.4, -0.2) is 90.3 Å². The van der Waals surface area contributed by atoms with Gasteiger partial charge in [0.25, 0.3) is 0 Å². The van der Waals surface area contributed by atoms with Gasteiger partial charge in [0.15, 0.2) is 0 Å². The Hall–Kier alpha value is -3.35. The summed E-state index contributed by atoms with van der Waals surface area (Å²) < 4.78 is 46.0. The third kappa shape index (κ3) is 6.37. The molecule has 5 rings (SSSR count). The highest BCUT2D eigenvalue weighted by molar-refractivity contribution is 5.68. The molecule has 2 aliphatic heterocycles. The van der Waals surface area contributed by atoms with Gasteiger partial charge in [-0.2, -0.15) is 18.2 Å². The molecule has 2 aromatic heterocycles. The fourth-order valence-electron chi connectivity index (χ4n) is 4.69. The number of hydrogen-bond acceptors (Lipinski definition) is 9. The van der Waals surface area contributed by atoms with Crippen LogP contribution in [0.25, 0.3) is 0 Å². The van der Waals surface area contributed by atoms with Crippen molar-refractivity contribution < 1.29 is 22.7 Å². The normalized spacial score (nSPS) is 18.9. The lowest BCUT2D eigenvalue weighted by atomic mass is 10.1. The first-order chi connectivity index (χ1) is 18.3. The first kappa shape index (κ1) is 26.3. The Morgan fingerprint density at radius 2 is 1.89 bits per heavy atom. The molecule has 10 nitrogen and oxygen atoms in total. The van der Waals surface area contributed by atoms with Gasteiger partial charge in [-0.05, 0) is 50.3 Å². The van der Waals surface area contributed by atoms with E-state index < -0.39 is 11.7 Å². The molecule has 0 atom stereocenters. The highest BCUT2D eigenvalue weighted by Gasteiger charge is 2.35. The lowest BCUT2D eigenvalue weighted by molar-refractivity contribution is -0.137. The predicted molar refractivity (Wildman–Crippen MR) is 137 cm³/mol. The number of carbonyl (C=O) groups is 1. The smallest absolute Gasteiger partial charge is 0.421 e. The Bertz CT molecular complexity index is 1140. The topological polar surface area (TPSA) is 98.8 Å². The van der Waals surface area contributed by atoms with Crippen molar-refractivity contribution in [2.75, 3.05) is 75.0 Å². The molecular formula is C25H33F3N8O2. The van der Waals surface area contributed by atoms with E-state index in [1.165, 1.54) is 0 Å². The monoisotopic (exact) mass is 534 g/mol. The molecule has 1 amide bonds. The van der Waals surface area contributed by atoms with Gasteiger partial charge in [-0.1, -0.05) is 0 Å². The number of nitrogens with zero attached hydrogens (tertiary/aromatic N) is 6. The number of halogens is 3. The van der Waals surface area contributed by atoms with Crippen molar-refractivity contribution >= 4 is 29.4 Å². The molecule has 3 aliphatic rings. The van der Waals surface area contributed by atoms with Gasteiger partial charge in [-0.3, -0.25) is 0 Å². The van der Waals surface area contributed by atoms with Gasteiger partial charge >= 0.3 is 12.3 Å². The van der Waals surface area contributed by atoms with E-state index in [4.69, 9.17) is 4.74 Å². The van der Waals surface area contributed by atoms with Gasteiger partial charge in [0, 0.05) is 52.0 Å². The van der Waals surface area contributed by atoms with E-state index in [-0.39, 0.29) is 24.4 Å². The average molecular weight is 535 g/mol. The van der Waals surface area contributed by atoms with E-state index in [2.05, 4.69) is 48.5 Å². The first-order valence-corrected chi connectivity index (χ1v) is 13.1. The van der Waals surface area contributed by atoms with Crippen LogP contribution in [0.4, 0.5) is 41.2 Å². The molecule has 1 aliphatic carbocycles. The van der Waals surface area contributed by atoms with Crippen molar-refractivity contribution in [2.45, 2.75) is 37.8 Å². The summed E-state index contributed by atoms with van der Waals surface area (Å²) in [6.45, 7) is 5.31. The average Bonchev–Trinajstić information content (AvgIpc) is 3.73. The molecule has 0 bridgehead atoms. The van der Waals surface area contributed by atoms with E-state index >= 15 is 0 Å². The Kier molecular flexibility index (Phi) is 7.73. The van der Waals surface area contributed by atoms with Crippen LogP contribution < -0.4 is 15.5 Å². The van der Waals surface area contributed by atoms with Crippen molar-refractivity contribution in [3.63, 3.8) is 0 Å². The van der Waals surface area contributed by atoms with Crippen LogP contribution in [0.5, 0.6) is 0 Å². The zero-order valence-corrected chi connectivity index (χ0v) is 21.4. The number of cyclic esters (lactones) is 1. The number of piperazine rings is 1. The van der Waals surface area contributed by atoms with Crippen molar-refractivity contribution in [2.24, 2.45) is 0 Å². The molecule has 0 aromatic carbocycles. The molecule has 2 aromatic rings. The number of rotatable bonds is 9. The minimum Gasteiger partial charge on any atom is -0.449 e. The summed E-state index contributed by atoms with van der Waals surface area (Å²) in [5, 5.41) is 5.90. The number of pyridine rings is 1. The van der Waals surface area contributed by atoms with Crippen LogP contribution in [-0.2, 0) is 10.9 Å². The first-order valence-electron chi connectivity index (χ1n) is 13.1. The number of carbonyl (C=O) groups excluding carboxylic acids is 1. The fourth-order valence-corrected chi connectivity index (χ4v) is 4.69. The van der Waals surface area contributed by atoms with E-state index in [0.717, 1.165) is 63.0 Å². The number of aromatic nitrogens is 3. The van der Waals surface area contributed by atoms with Gasteiger partial charge in [0.1, 0.15) is 17.2 Å². The van der Waals surface area contributed by atoms with Gasteiger partial charge in [-0.15, -0.1) is 0 Å². The molecule has 13 heteroatoms. The van der Waals surface area contributed by atoms with Crippen LogP contribution in [0.3, 0.4) is 0 Å². The van der Waals surface area contributed by atoms with E-state index in [0.29, 0.717) is 37.7 Å². The van der Waals surface area contributed by atoms with Crippen molar-refractivity contribution in [1.82, 2.24) is 24.8 Å². The molecule has 0 unspecified atom stereocenters. The second kappa shape index (κ2) is 11.2. The summed E-state index contributed by atoms with van der Waals surface area (Å²) in [4.78, 5) is 30.6. The van der Waals surface area contributed by atoms with Crippen LogP contribution in [0.2, 0.25) is 0 Å². The largest absolute Gasteiger partial charge is 0.449 e. The minimum absolute atomic E-state index is 0.0659. The Morgan fingerprint density at radius 1 is 1.11 bits per heavy atom. The van der Waals surface area contributed by atoms with Crippen molar-refractivity contribution in [1.29, 1.82) is 0 Å². The number of hydrogen-bond donors (Lipinski definition) is 2. The van der Waals surface area contributed by atoms with E-state index in [9.17, 15) is 18.0 Å². The second-order valence-electron chi connectivity index (χ2n) is 10.0. The second-order valence-corrected chi connectivity index (χ2v) is 10.0. The zero-order chi connectivity index (χ0) is 26.7. The molecule has 3 fully saturated rings. The van der Waals surface area contributed by atoms with Gasteiger partial charge in [0.05, 0.1) is 18.5 Å². The van der Waals surface area contributed by atoms with Gasteiger partial charge in [0.2, 0.25) is 5.95 Å². The van der Waals surface area contributed by atoms with Gasteiger partial charge < -0.3 is 30.1 Å². The number of anilines is 4. The molecular weight excluding hydrogens is 501 g/mol. The third-order valence-electron chi connectivity index (χ3n) is 7.06. The molecule has 4 heterocycles. The highest BCUT2D eigenvalue weighted by atomic mass is 19.4. The van der Waals surface area contributed by atoms with Crippen LogP contribution in [0, 0.1) is 0 Å². The summed E-state index contributed by atoms with van der Waals surface area (Å²) >= 11 is 0. The summed E-state index contributed by atoms with van der Waals surface area (Å²) in [7, 11) is 2.10. The fraction of sp³-hybridized carbons (Fsp3) is 0.600. The summed E-state index contributed by atoms with van der Waals surface area (Å²) in [6, 6.07) is 2.08. The lowest BCUT2D eigenvalue weighted by Gasteiger charge is -2.33. The Morgan fingerprint density at radius 3 is 2.61 bits per heavy atom. The van der Waals surface area contributed by atoms with E-state index in [1.807, 2.05) is 0 Å². The molecule has 206 valence electrons. The van der Waals surface area contributed by atoms with Crippen LogP contribution >= 0.6 is 0 Å². The van der Waals surface area contributed by atoms with Crippen molar-refractivity contribution in [3.8, 4) is 0 Å². The molecule has 2 saturated heterocycles. The van der Waals surface area contributed by atoms with Gasteiger partial charge in [-0.25, -0.2) is 14.8 Å². The molecule has 1 saturated carbocycles. The Labute approximate surface area is 219 Å². The zero-order valence-electron chi connectivity index (χ0n) is 21.4. The number of amides is 1. The maximum absolute atomic E-state index is 13.7.